The van der Waals surface area contributed by atoms with Crippen LogP contribution in [0.1, 0.15) is 37.6 Å². The van der Waals surface area contributed by atoms with E-state index in [1.165, 1.54) is 5.56 Å². The fourth-order valence-electron chi connectivity index (χ4n) is 2.59. The van der Waals surface area contributed by atoms with Gasteiger partial charge in [-0.25, -0.2) is 4.98 Å². The number of aryl methyl sites for hydroxylation is 1. The van der Waals surface area contributed by atoms with Crippen LogP contribution in [0.15, 0.2) is 42.6 Å². The van der Waals surface area contributed by atoms with Crippen molar-refractivity contribution in [1.82, 2.24) is 9.38 Å². The second-order valence-electron chi connectivity index (χ2n) is 6.68. The lowest BCUT2D eigenvalue weighted by Crippen LogP contribution is -2.10. The van der Waals surface area contributed by atoms with Gasteiger partial charge in [-0.2, -0.15) is 5.26 Å². The predicted molar refractivity (Wildman–Crippen MR) is 88.8 cm³/mol. The summed E-state index contributed by atoms with van der Waals surface area (Å²) in [6, 6.07) is 14.6. The number of aromatic nitrogens is 2. The third kappa shape index (κ3) is 2.37. The Kier molecular flexibility index (Phi) is 3.26. The number of nitriles is 1. The first-order valence-corrected chi connectivity index (χ1v) is 7.40. The quantitative estimate of drug-likeness (QED) is 0.662. The van der Waals surface area contributed by atoms with Gasteiger partial charge >= 0.3 is 0 Å². The van der Waals surface area contributed by atoms with Crippen LogP contribution in [0.4, 0.5) is 0 Å². The van der Waals surface area contributed by atoms with Crippen molar-refractivity contribution in [1.29, 1.82) is 5.26 Å². The van der Waals surface area contributed by atoms with Gasteiger partial charge in [0.2, 0.25) is 0 Å². The van der Waals surface area contributed by atoms with E-state index >= 15 is 0 Å². The summed E-state index contributed by atoms with van der Waals surface area (Å²) < 4.78 is 1.86. The first kappa shape index (κ1) is 14.3. The number of rotatable bonds is 1. The van der Waals surface area contributed by atoms with Crippen LogP contribution in [-0.2, 0) is 5.41 Å². The van der Waals surface area contributed by atoms with Gasteiger partial charge in [0, 0.05) is 11.8 Å². The molecule has 0 radical (unpaired) electrons. The lowest BCUT2D eigenvalue weighted by atomic mass is 9.86. The first-order chi connectivity index (χ1) is 10.4. The Bertz CT molecular complexity index is 872. The predicted octanol–water partition coefficient (Wildman–Crippen LogP) is 4.48. The zero-order valence-corrected chi connectivity index (χ0v) is 13.4. The molecule has 2 heterocycles. The molecule has 0 amide bonds. The molecule has 0 spiro atoms. The molecule has 0 saturated heterocycles. The Hall–Kier alpha value is -2.60. The van der Waals surface area contributed by atoms with Gasteiger partial charge in [-0.05, 0) is 29.5 Å². The minimum atomic E-state index is 0.118. The zero-order valence-electron chi connectivity index (χ0n) is 13.4. The van der Waals surface area contributed by atoms with Crippen LogP contribution in [0.2, 0.25) is 0 Å². The summed E-state index contributed by atoms with van der Waals surface area (Å²) in [5.74, 6) is 0. The normalized spacial score (nSPS) is 11.6. The minimum Gasteiger partial charge on any atom is -0.290 e. The Balaban J connectivity index is 2.16. The van der Waals surface area contributed by atoms with Gasteiger partial charge in [-0.3, -0.25) is 4.40 Å². The average Bonchev–Trinajstić information content (AvgIpc) is 2.84. The Morgan fingerprint density at radius 1 is 1.05 bits per heavy atom. The van der Waals surface area contributed by atoms with E-state index < -0.39 is 0 Å². The van der Waals surface area contributed by atoms with Crippen LogP contribution in [0.25, 0.3) is 16.9 Å². The molecule has 3 heteroatoms. The number of pyridine rings is 1. The summed E-state index contributed by atoms with van der Waals surface area (Å²) in [6.45, 7) is 8.58. The fourth-order valence-corrected chi connectivity index (χ4v) is 2.59. The maximum absolute atomic E-state index is 9.53. The number of imidazole rings is 1. The number of benzene rings is 1. The van der Waals surface area contributed by atoms with Crippen LogP contribution in [-0.4, -0.2) is 9.38 Å². The molecule has 0 N–H and O–H groups in total. The fraction of sp³-hybridized carbons (Fsp3) is 0.263. The van der Waals surface area contributed by atoms with Gasteiger partial charge in [0.15, 0.2) is 5.69 Å². The van der Waals surface area contributed by atoms with E-state index in [2.05, 4.69) is 56.1 Å². The van der Waals surface area contributed by atoms with Crippen LogP contribution in [0, 0.1) is 18.3 Å². The van der Waals surface area contributed by atoms with Crippen molar-refractivity contribution < 1.29 is 0 Å². The molecule has 0 aliphatic carbocycles. The topological polar surface area (TPSA) is 41.1 Å². The molecule has 3 rings (SSSR count). The highest BCUT2D eigenvalue weighted by atomic mass is 15.0. The molecule has 3 aromatic rings. The van der Waals surface area contributed by atoms with Gasteiger partial charge in [-0.1, -0.05) is 51.1 Å². The largest absolute Gasteiger partial charge is 0.290 e. The Morgan fingerprint density at radius 2 is 1.73 bits per heavy atom. The van der Waals surface area contributed by atoms with Crippen LogP contribution < -0.4 is 0 Å². The molecule has 0 bridgehead atoms. The summed E-state index contributed by atoms with van der Waals surface area (Å²) in [5.41, 5.74) is 5.61. The van der Waals surface area contributed by atoms with E-state index in [1.807, 2.05) is 29.7 Å². The van der Waals surface area contributed by atoms with Crippen molar-refractivity contribution in [3.8, 4) is 17.3 Å². The van der Waals surface area contributed by atoms with E-state index in [1.54, 1.807) is 0 Å². The number of nitrogens with zero attached hydrogens (tertiary/aromatic N) is 3. The Labute approximate surface area is 130 Å². The standard InChI is InChI=1S/C19H19N3/c1-13-5-10-17-21-18(16(11-20)22(17)12-13)14-6-8-15(9-7-14)19(2,3)4/h5-10,12H,1-4H3. The van der Waals surface area contributed by atoms with Crippen molar-refractivity contribution in [3.05, 3.63) is 59.4 Å². The van der Waals surface area contributed by atoms with Crippen LogP contribution >= 0.6 is 0 Å². The summed E-state index contributed by atoms with van der Waals surface area (Å²) in [4.78, 5) is 4.63. The number of fused-ring (bicyclic) bond motifs is 1. The molecule has 1 aromatic carbocycles. The summed E-state index contributed by atoms with van der Waals surface area (Å²) in [5, 5.41) is 9.53. The van der Waals surface area contributed by atoms with E-state index in [-0.39, 0.29) is 5.41 Å². The highest BCUT2D eigenvalue weighted by Gasteiger charge is 2.16. The monoisotopic (exact) mass is 289 g/mol. The van der Waals surface area contributed by atoms with Crippen LogP contribution in [0.3, 0.4) is 0 Å². The molecule has 0 aliphatic heterocycles. The van der Waals surface area contributed by atoms with E-state index in [0.29, 0.717) is 5.69 Å². The van der Waals surface area contributed by atoms with Crippen LogP contribution in [0.5, 0.6) is 0 Å². The molecule has 0 fully saturated rings. The lowest BCUT2D eigenvalue weighted by molar-refractivity contribution is 0.590. The first-order valence-electron chi connectivity index (χ1n) is 7.40. The number of hydrogen-bond donors (Lipinski definition) is 0. The maximum atomic E-state index is 9.53. The minimum absolute atomic E-state index is 0.118. The van der Waals surface area contributed by atoms with Crippen molar-refractivity contribution in [2.24, 2.45) is 0 Å². The highest BCUT2D eigenvalue weighted by Crippen LogP contribution is 2.28. The molecule has 22 heavy (non-hydrogen) atoms. The van der Waals surface area contributed by atoms with Gasteiger partial charge in [0.25, 0.3) is 0 Å². The van der Waals surface area contributed by atoms with Gasteiger partial charge in [0.1, 0.15) is 17.4 Å². The van der Waals surface area contributed by atoms with Gasteiger partial charge in [-0.15, -0.1) is 0 Å². The lowest BCUT2D eigenvalue weighted by Gasteiger charge is -2.18. The Morgan fingerprint density at radius 3 is 2.32 bits per heavy atom. The summed E-state index contributed by atoms with van der Waals surface area (Å²) >= 11 is 0. The van der Waals surface area contributed by atoms with E-state index in [0.717, 1.165) is 22.5 Å². The molecule has 0 saturated carbocycles. The molecule has 110 valence electrons. The SMILES string of the molecule is Cc1ccc2nc(-c3ccc(C(C)(C)C)cc3)c(C#N)n2c1. The second-order valence-corrected chi connectivity index (χ2v) is 6.68. The summed E-state index contributed by atoms with van der Waals surface area (Å²) in [7, 11) is 0. The van der Waals surface area contributed by atoms with Gasteiger partial charge in [0.05, 0.1) is 0 Å². The molecule has 0 aliphatic rings. The third-order valence-corrected chi connectivity index (χ3v) is 3.90. The average molecular weight is 289 g/mol. The molecule has 0 atom stereocenters. The smallest absolute Gasteiger partial charge is 0.152 e. The van der Waals surface area contributed by atoms with Crippen molar-refractivity contribution in [2.45, 2.75) is 33.1 Å². The van der Waals surface area contributed by atoms with Crippen molar-refractivity contribution in [3.63, 3.8) is 0 Å². The molecular formula is C19H19N3. The second kappa shape index (κ2) is 4.99. The molecular weight excluding hydrogens is 270 g/mol. The third-order valence-electron chi connectivity index (χ3n) is 3.90. The van der Waals surface area contributed by atoms with Gasteiger partial charge < -0.3 is 0 Å². The van der Waals surface area contributed by atoms with E-state index in [9.17, 15) is 5.26 Å². The summed E-state index contributed by atoms with van der Waals surface area (Å²) in [6.07, 6.45) is 1.95. The van der Waals surface area contributed by atoms with Crippen molar-refractivity contribution in [2.75, 3.05) is 0 Å². The number of hydrogen-bond acceptors (Lipinski definition) is 2. The molecule has 0 unspecified atom stereocenters. The van der Waals surface area contributed by atoms with Crippen molar-refractivity contribution >= 4 is 5.65 Å². The maximum Gasteiger partial charge on any atom is 0.152 e. The molecule has 3 nitrogen and oxygen atoms in total. The van der Waals surface area contributed by atoms with E-state index in [4.69, 9.17) is 0 Å². The zero-order chi connectivity index (χ0) is 15.9. The highest BCUT2D eigenvalue weighted by molar-refractivity contribution is 5.70. The molecule has 2 aromatic heterocycles.